The molecule has 0 radical (unpaired) electrons. The highest BCUT2D eigenvalue weighted by Crippen LogP contribution is 2.23. The third-order valence-corrected chi connectivity index (χ3v) is 6.33. The second-order valence-electron chi connectivity index (χ2n) is 9.41. The van der Waals surface area contributed by atoms with E-state index in [1.165, 1.54) is 5.57 Å². The minimum atomic E-state index is -0.275. The Kier molecular flexibility index (Phi) is 14.6. The predicted octanol–water partition coefficient (Wildman–Crippen LogP) is 4.97. The molecule has 1 heterocycles. The Hall–Kier alpha value is -2.73. The first-order valence-electron chi connectivity index (χ1n) is 12.9. The van der Waals surface area contributed by atoms with Crippen LogP contribution in [0.3, 0.4) is 0 Å². The van der Waals surface area contributed by atoms with Gasteiger partial charge in [-0.2, -0.15) is 0 Å². The van der Waals surface area contributed by atoms with Crippen LogP contribution in [0.5, 0.6) is 0 Å². The molecule has 0 aromatic carbocycles. The maximum Gasteiger partial charge on any atom is 0.247 e. The van der Waals surface area contributed by atoms with Gasteiger partial charge in [0.1, 0.15) is 5.76 Å². The van der Waals surface area contributed by atoms with E-state index in [9.17, 15) is 4.79 Å². The molecule has 1 amide bonds. The van der Waals surface area contributed by atoms with E-state index in [1.807, 2.05) is 19.1 Å². The first-order chi connectivity index (χ1) is 16.7. The normalized spacial score (nSPS) is 17.4. The predicted molar refractivity (Wildman–Crippen MR) is 146 cm³/mol. The van der Waals surface area contributed by atoms with Gasteiger partial charge in [0.15, 0.2) is 0 Å². The van der Waals surface area contributed by atoms with E-state index >= 15 is 0 Å². The lowest BCUT2D eigenvalue weighted by molar-refractivity contribution is -0.118. The number of aliphatic hydroxyl groups excluding tert-OH is 1. The Morgan fingerprint density at radius 3 is 2.37 bits per heavy atom. The van der Waals surface area contributed by atoms with Gasteiger partial charge in [0.05, 0.1) is 19.0 Å². The molecule has 0 aromatic rings. The second kappa shape index (κ2) is 16.8. The molecular weight excluding hydrogens is 438 g/mol. The van der Waals surface area contributed by atoms with E-state index in [1.54, 1.807) is 25.2 Å². The lowest BCUT2D eigenvalue weighted by Gasteiger charge is -2.33. The highest BCUT2D eigenvalue weighted by Gasteiger charge is 2.19. The first-order valence-corrected chi connectivity index (χ1v) is 12.9. The van der Waals surface area contributed by atoms with Gasteiger partial charge in [-0.25, -0.2) is 0 Å². The van der Waals surface area contributed by atoms with Crippen molar-refractivity contribution in [3.63, 3.8) is 0 Å². The largest absolute Gasteiger partial charge is 0.494 e. The highest BCUT2D eigenvalue weighted by molar-refractivity contribution is 5.93. The van der Waals surface area contributed by atoms with Gasteiger partial charge in [0, 0.05) is 24.7 Å². The van der Waals surface area contributed by atoms with Crippen LogP contribution in [0.4, 0.5) is 0 Å². The smallest absolute Gasteiger partial charge is 0.247 e. The molecule has 1 saturated heterocycles. The quantitative estimate of drug-likeness (QED) is 0.132. The van der Waals surface area contributed by atoms with Crippen LogP contribution in [0.25, 0.3) is 0 Å². The van der Waals surface area contributed by atoms with Gasteiger partial charge < -0.3 is 25.8 Å². The molecule has 0 spiro atoms. The van der Waals surface area contributed by atoms with E-state index in [2.05, 4.69) is 43.3 Å². The van der Waals surface area contributed by atoms with Crippen LogP contribution in [0.15, 0.2) is 72.3 Å². The molecule has 1 atom stereocenters. The fraction of sp³-hybridized carbons (Fsp3) is 0.552. The van der Waals surface area contributed by atoms with E-state index in [-0.39, 0.29) is 18.6 Å². The number of piperidine rings is 1. The zero-order valence-electron chi connectivity index (χ0n) is 22.3. The summed E-state index contributed by atoms with van der Waals surface area (Å²) in [4.78, 5) is 14.5. The summed E-state index contributed by atoms with van der Waals surface area (Å²) in [6.45, 7) is 18.2. The van der Waals surface area contributed by atoms with Gasteiger partial charge in [-0.1, -0.05) is 46.1 Å². The van der Waals surface area contributed by atoms with Crippen LogP contribution < -0.4 is 11.1 Å². The molecule has 0 saturated carbocycles. The number of nitrogens with one attached hydrogen (secondary N) is 1. The van der Waals surface area contributed by atoms with Crippen molar-refractivity contribution in [2.45, 2.75) is 65.8 Å². The van der Waals surface area contributed by atoms with Crippen molar-refractivity contribution in [1.82, 2.24) is 10.2 Å². The van der Waals surface area contributed by atoms with Crippen molar-refractivity contribution in [3.8, 4) is 0 Å². The SMILES string of the molecule is C=C/C(=C\C=C(/N)N1CCC(CCCO/C(C=C)=C/C=C(\CC)C(=O)N[C@H](C)CO)CC1)C(C)C. The summed E-state index contributed by atoms with van der Waals surface area (Å²) in [6, 6.07) is -0.275. The molecule has 6 heteroatoms. The molecule has 35 heavy (non-hydrogen) atoms. The van der Waals surface area contributed by atoms with Crippen molar-refractivity contribution < 1.29 is 14.6 Å². The van der Waals surface area contributed by atoms with Gasteiger partial charge in [-0.05, 0) is 80.7 Å². The summed E-state index contributed by atoms with van der Waals surface area (Å²) in [7, 11) is 0. The number of allylic oxidation sites excluding steroid dienone is 7. The average molecular weight is 486 g/mol. The Labute approximate surface area is 213 Å². The third-order valence-electron chi connectivity index (χ3n) is 6.33. The van der Waals surface area contributed by atoms with E-state index < -0.39 is 0 Å². The molecule has 0 aromatic heterocycles. The molecule has 4 N–H and O–H groups in total. The molecule has 196 valence electrons. The minimum absolute atomic E-state index is 0.0884. The van der Waals surface area contributed by atoms with Crippen molar-refractivity contribution in [1.29, 1.82) is 0 Å². The summed E-state index contributed by atoms with van der Waals surface area (Å²) in [5.41, 5.74) is 8.13. The summed E-state index contributed by atoms with van der Waals surface area (Å²) < 4.78 is 5.88. The van der Waals surface area contributed by atoms with Crippen molar-refractivity contribution in [3.05, 3.63) is 72.3 Å². The number of carbonyl (C=O) groups excluding carboxylic acids is 1. The van der Waals surface area contributed by atoms with Crippen molar-refractivity contribution in [2.24, 2.45) is 17.6 Å². The summed E-state index contributed by atoms with van der Waals surface area (Å²) in [5.74, 6) is 2.42. The summed E-state index contributed by atoms with van der Waals surface area (Å²) in [6.07, 6.45) is 16.1. The first kappa shape index (κ1) is 30.3. The molecule has 1 aliphatic heterocycles. The number of aliphatic hydroxyl groups is 1. The number of amides is 1. The Balaban J connectivity index is 2.46. The molecule has 0 bridgehead atoms. The molecule has 1 fully saturated rings. The van der Waals surface area contributed by atoms with Crippen molar-refractivity contribution in [2.75, 3.05) is 26.3 Å². The number of nitrogens with zero attached hydrogens (tertiary/aromatic N) is 1. The van der Waals surface area contributed by atoms with Crippen LogP contribution in [0.1, 0.15) is 59.8 Å². The van der Waals surface area contributed by atoms with Gasteiger partial charge >= 0.3 is 0 Å². The van der Waals surface area contributed by atoms with Crippen molar-refractivity contribution >= 4 is 5.91 Å². The number of ether oxygens (including phenoxy) is 1. The number of hydrogen-bond donors (Lipinski definition) is 3. The van der Waals surface area contributed by atoms with Crippen LogP contribution in [-0.4, -0.2) is 48.3 Å². The molecule has 1 rings (SSSR count). The van der Waals surface area contributed by atoms with Gasteiger partial charge in [0.25, 0.3) is 0 Å². The fourth-order valence-electron chi connectivity index (χ4n) is 3.90. The number of rotatable bonds is 15. The fourth-order valence-corrected chi connectivity index (χ4v) is 3.90. The molecule has 0 aliphatic carbocycles. The Bertz CT molecular complexity index is 800. The van der Waals surface area contributed by atoms with Gasteiger partial charge in [-0.3, -0.25) is 4.79 Å². The molecule has 6 nitrogen and oxygen atoms in total. The number of nitrogens with two attached hydrogens (primary N) is 1. The zero-order chi connectivity index (χ0) is 26.2. The number of carbonyl (C=O) groups is 1. The van der Waals surface area contributed by atoms with Crippen LogP contribution >= 0.6 is 0 Å². The van der Waals surface area contributed by atoms with Gasteiger partial charge in [-0.15, -0.1) is 0 Å². The van der Waals surface area contributed by atoms with Crippen LogP contribution in [0, 0.1) is 11.8 Å². The monoisotopic (exact) mass is 485 g/mol. The second-order valence-corrected chi connectivity index (χ2v) is 9.41. The lowest BCUT2D eigenvalue weighted by atomic mass is 9.92. The zero-order valence-corrected chi connectivity index (χ0v) is 22.3. The third kappa shape index (κ3) is 11.5. The lowest BCUT2D eigenvalue weighted by Crippen LogP contribution is -2.36. The highest BCUT2D eigenvalue weighted by atomic mass is 16.5. The van der Waals surface area contributed by atoms with Crippen LogP contribution in [-0.2, 0) is 9.53 Å². The molecular formula is C29H47N3O3. The topological polar surface area (TPSA) is 87.8 Å². The minimum Gasteiger partial charge on any atom is -0.494 e. The maximum absolute atomic E-state index is 12.2. The van der Waals surface area contributed by atoms with Gasteiger partial charge in [0.2, 0.25) is 5.91 Å². The molecule has 1 aliphatic rings. The summed E-state index contributed by atoms with van der Waals surface area (Å²) in [5, 5.41) is 11.9. The number of hydrogen-bond acceptors (Lipinski definition) is 5. The van der Waals surface area contributed by atoms with E-state index in [0.717, 1.165) is 44.6 Å². The van der Waals surface area contributed by atoms with Crippen LogP contribution in [0.2, 0.25) is 0 Å². The Morgan fingerprint density at radius 1 is 1.14 bits per heavy atom. The van der Waals surface area contributed by atoms with E-state index in [0.29, 0.717) is 36.2 Å². The molecule has 0 unspecified atom stereocenters. The maximum atomic E-state index is 12.2. The van der Waals surface area contributed by atoms with E-state index in [4.69, 9.17) is 15.6 Å². The Morgan fingerprint density at radius 2 is 1.83 bits per heavy atom. The average Bonchev–Trinajstić information content (AvgIpc) is 2.85. The number of likely N-dealkylation sites (tertiary alicyclic amines) is 1. The summed E-state index contributed by atoms with van der Waals surface area (Å²) >= 11 is 0. The standard InChI is InChI=1S/C29H47N3O3/c1-7-25(22(4)5)13-15-28(30)32-18-16-24(17-19-32)11-10-20-35-27(9-3)14-12-26(8-2)29(34)31-23(6)21-33/h7,9,12-15,22-24,33H,1,3,8,10-11,16-21,30H2,2,4-6H3,(H,31,34)/b25-13+,26-12+,27-14+,28-15+/t23-/m1/s1.